The second-order valence-corrected chi connectivity index (χ2v) is 6.43. The van der Waals surface area contributed by atoms with Crippen LogP contribution in [0, 0.1) is 11.3 Å². The van der Waals surface area contributed by atoms with Gasteiger partial charge in [0, 0.05) is 17.8 Å². The maximum absolute atomic E-state index is 12.9. The average Bonchev–Trinajstić information content (AvgIpc) is 3.16. The Kier molecular flexibility index (Phi) is 4.19. The lowest BCUT2D eigenvalue weighted by Gasteiger charge is -2.21. The molecule has 2 nitrogen and oxygen atoms in total. The Hall–Kier alpha value is -1.30. The number of alkyl halides is 3. The van der Waals surface area contributed by atoms with Crippen LogP contribution >= 0.6 is 12.2 Å². The van der Waals surface area contributed by atoms with E-state index in [9.17, 15) is 13.2 Å². The molecule has 0 atom stereocenters. The number of benzene rings is 1. The summed E-state index contributed by atoms with van der Waals surface area (Å²) in [4.78, 5) is -0.240. The van der Waals surface area contributed by atoms with Crippen LogP contribution in [-0.4, -0.2) is 11.5 Å². The summed E-state index contributed by atoms with van der Waals surface area (Å²) in [7, 11) is 0. The van der Waals surface area contributed by atoms with Gasteiger partial charge >= 0.3 is 6.18 Å². The van der Waals surface area contributed by atoms with Crippen molar-refractivity contribution in [3.05, 3.63) is 29.3 Å². The molecule has 0 radical (unpaired) electrons. The van der Waals surface area contributed by atoms with Gasteiger partial charge in [-0.2, -0.15) is 13.2 Å². The fraction of sp³-hybridized carbons (Fsp3) is 0.533. The molecule has 1 aliphatic carbocycles. The van der Waals surface area contributed by atoms with Crippen LogP contribution in [0.25, 0.3) is 0 Å². The van der Waals surface area contributed by atoms with Gasteiger partial charge in [-0.25, -0.2) is 0 Å². The molecule has 1 aromatic carbocycles. The minimum Gasteiger partial charge on any atom is -0.389 e. The zero-order chi connectivity index (χ0) is 15.8. The van der Waals surface area contributed by atoms with Gasteiger partial charge in [0.2, 0.25) is 0 Å². The van der Waals surface area contributed by atoms with Gasteiger partial charge in [-0.1, -0.05) is 26.1 Å². The summed E-state index contributed by atoms with van der Waals surface area (Å²) in [6, 6.07) is 3.86. The number of rotatable bonds is 5. The van der Waals surface area contributed by atoms with Gasteiger partial charge in [-0.15, -0.1) is 0 Å². The Morgan fingerprint density at radius 3 is 2.43 bits per heavy atom. The molecule has 3 N–H and O–H groups in total. The van der Waals surface area contributed by atoms with Crippen molar-refractivity contribution in [2.45, 2.75) is 32.9 Å². The number of hydrogen-bond acceptors (Lipinski definition) is 2. The summed E-state index contributed by atoms with van der Waals surface area (Å²) in [5.41, 5.74) is 5.40. The Bertz CT molecular complexity index is 548. The number of nitrogens with two attached hydrogens (primary N) is 1. The molecule has 0 unspecified atom stereocenters. The second-order valence-electron chi connectivity index (χ2n) is 5.99. The number of nitrogens with one attached hydrogen (secondary N) is 1. The summed E-state index contributed by atoms with van der Waals surface area (Å²) < 4.78 is 38.7. The van der Waals surface area contributed by atoms with E-state index < -0.39 is 11.7 Å². The zero-order valence-corrected chi connectivity index (χ0v) is 12.9. The lowest BCUT2D eigenvalue weighted by molar-refractivity contribution is -0.137. The van der Waals surface area contributed by atoms with Gasteiger partial charge < -0.3 is 11.1 Å². The monoisotopic (exact) mass is 316 g/mol. The van der Waals surface area contributed by atoms with E-state index in [0.717, 1.165) is 25.5 Å². The van der Waals surface area contributed by atoms with Crippen molar-refractivity contribution in [3.8, 4) is 0 Å². The molecular formula is C15H19F3N2S. The van der Waals surface area contributed by atoms with E-state index >= 15 is 0 Å². The Morgan fingerprint density at radius 2 is 2.00 bits per heavy atom. The Morgan fingerprint density at radius 1 is 1.38 bits per heavy atom. The van der Waals surface area contributed by atoms with Crippen LogP contribution in [0.1, 0.15) is 37.8 Å². The summed E-state index contributed by atoms with van der Waals surface area (Å²) in [5, 5.41) is 3.22. The number of thiocarbonyl (C=S) groups is 1. The number of hydrogen-bond donors (Lipinski definition) is 2. The average molecular weight is 316 g/mol. The highest BCUT2D eigenvalue weighted by Crippen LogP contribution is 2.51. The molecule has 1 fully saturated rings. The highest BCUT2D eigenvalue weighted by Gasteiger charge is 2.45. The van der Waals surface area contributed by atoms with Crippen molar-refractivity contribution in [2.24, 2.45) is 17.1 Å². The Balaban J connectivity index is 2.19. The first-order valence-corrected chi connectivity index (χ1v) is 7.31. The molecule has 1 aromatic rings. The van der Waals surface area contributed by atoms with E-state index in [-0.39, 0.29) is 16.0 Å². The molecule has 0 bridgehead atoms. The van der Waals surface area contributed by atoms with Gasteiger partial charge in [0.15, 0.2) is 0 Å². The fourth-order valence-electron chi connectivity index (χ4n) is 2.50. The van der Waals surface area contributed by atoms with Gasteiger partial charge in [-0.3, -0.25) is 0 Å². The first-order valence-electron chi connectivity index (χ1n) is 6.91. The van der Waals surface area contributed by atoms with Crippen LogP contribution in [0.4, 0.5) is 18.9 Å². The van der Waals surface area contributed by atoms with E-state index in [1.165, 1.54) is 12.1 Å². The molecule has 21 heavy (non-hydrogen) atoms. The maximum Gasteiger partial charge on any atom is 0.417 e. The second kappa shape index (κ2) is 5.48. The molecule has 6 heteroatoms. The van der Waals surface area contributed by atoms with Crippen LogP contribution in [0.3, 0.4) is 0 Å². The molecule has 0 aliphatic heterocycles. The number of halogens is 3. The standard InChI is InChI=1S/C15H19F3N2S/c1-9(2)14(5-6-14)8-20-10-3-4-12(15(16,17)18)11(7-10)13(19)21/h3-4,7,9,20H,5-6,8H2,1-2H3,(H2,19,21). The predicted octanol–water partition coefficient (Wildman–Crippen LogP) is 4.19. The molecule has 0 amide bonds. The van der Waals surface area contributed by atoms with Crippen molar-refractivity contribution in [1.29, 1.82) is 0 Å². The largest absolute Gasteiger partial charge is 0.417 e. The van der Waals surface area contributed by atoms with Crippen LogP contribution in [0.15, 0.2) is 18.2 Å². The SMILES string of the molecule is CC(C)C1(CNc2ccc(C(F)(F)F)c(C(N)=S)c2)CC1. The summed E-state index contributed by atoms with van der Waals surface area (Å²) >= 11 is 4.74. The highest BCUT2D eigenvalue weighted by atomic mass is 32.1. The molecule has 0 saturated heterocycles. The lowest BCUT2D eigenvalue weighted by Crippen LogP contribution is -2.22. The van der Waals surface area contributed by atoms with Crippen LogP contribution < -0.4 is 11.1 Å². The molecule has 116 valence electrons. The minimum absolute atomic E-state index is 0.128. The van der Waals surface area contributed by atoms with Gasteiger partial charge in [0.05, 0.1) is 5.56 Å². The minimum atomic E-state index is -4.45. The normalized spacial score (nSPS) is 16.9. The third-order valence-corrected chi connectivity index (χ3v) is 4.57. The van der Waals surface area contributed by atoms with Crippen LogP contribution in [0.2, 0.25) is 0 Å². The van der Waals surface area contributed by atoms with Crippen molar-refractivity contribution < 1.29 is 13.2 Å². The van der Waals surface area contributed by atoms with E-state index in [4.69, 9.17) is 18.0 Å². The van der Waals surface area contributed by atoms with Crippen LogP contribution in [0.5, 0.6) is 0 Å². The summed E-state index contributed by atoms with van der Waals surface area (Å²) in [6.45, 7) is 5.09. The molecule has 0 aromatic heterocycles. The quantitative estimate of drug-likeness (QED) is 0.800. The molecule has 0 spiro atoms. The third-order valence-electron chi connectivity index (χ3n) is 4.35. The highest BCUT2D eigenvalue weighted by molar-refractivity contribution is 7.80. The first kappa shape index (κ1) is 16.1. The molecule has 1 saturated carbocycles. The molecule has 1 aliphatic rings. The summed E-state index contributed by atoms with van der Waals surface area (Å²) in [5.74, 6) is 0.550. The third kappa shape index (κ3) is 3.48. The smallest absolute Gasteiger partial charge is 0.389 e. The van der Waals surface area contributed by atoms with Crippen LogP contribution in [-0.2, 0) is 6.18 Å². The molecular weight excluding hydrogens is 297 g/mol. The van der Waals surface area contributed by atoms with Gasteiger partial charge in [0.25, 0.3) is 0 Å². The predicted molar refractivity (Wildman–Crippen MR) is 82.3 cm³/mol. The molecule has 0 heterocycles. The first-order chi connectivity index (χ1) is 9.66. The van der Waals surface area contributed by atoms with Crippen molar-refractivity contribution in [3.63, 3.8) is 0 Å². The van der Waals surface area contributed by atoms with Crippen molar-refractivity contribution >= 4 is 22.9 Å². The maximum atomic E-state index is 12.9. The number of anilines is 1. The van der Waals surface area contributed by atoms with Gasteiger partial charge in [0.1, 0.15) is 4.99 Å². The molecule has 2 rings (SSSR count). The van der Waals surface area contributed by atoms with E-state index in [2.05, 4.69) is 19.2 Å². The van der Waals surface area contributed by atoms with E-state index in [1.54, 1.807) is 0 Å². The topological polar surface area (TPSA) is 38.0 Å². The summed E-state index contributed by atoms with van der Waals surface area (Å²) in [6.07, 6.45) is -2.14. The lowest BCUT2D eigenvalue weighted by atomic mass is 9.92. The van der Waals surface area contributed by atoms with Crippen molar-refractivity contribution in [2.75, 3.05) is 11.9 Å². The Labute approximate surface area is 127 Å². The van der Waals surface area contributed by atoms with Gasteiger partial charge in [-0.05, 0) is 42.4 Å². The zero-order valence-electron chi connectivity index (χ0n) is 12.1. The van der Waals surface area contributed by atoms with E-state index in [1.807, 2.05) is 0 Å². The fourth-order valence-corrected chi connectivity index (χ4v) is 2.67. The van der Waals surface area contributed by atoms with E-state index in [0.29, 0.717) is 11.6 Å². The van der Waals surface area contributed by atoms with Crippen molar-refractivity contribution in [1.82, 2.24) is 0 Å².